The van der Waals surface area contributed by atoms with Gasteiger partial charge in [0.05, 0.1) is 0 Å². The van der Waals surface area contributed by atoms with E-state index in [0.717, 1.165) is 16.7 Å². The molecular formula is C19H21N3O3. The molecule has 0 heterocycles. The lowest BCUT2D eigenvalue weighted by atomic mass is 10.0. The number of hydroxylamine groups is 1. The number of hydrogen-bond acceptors (Lipinski definition) is 4. The van der Waals surface area contributed by atoms with Crippen molar-refractivity contribution in [1.82, 2.24) is 16.1 Å². The van der Waals surface area contributed by atoms with Crippen LogP contribution in [0.25, 0.3) is 6.08 Å². The maximum absolute atomic E-state index is 12.4. The molecule has 2 rings (SSSR count). The fraction of sp³-hybridized carbons (Fsp3) is 0.158. The Morgan fingerprint density at radius 3 is 2.36 bits per heavy atom. The van der Waals surface area contributed by atoms with Crippen molar-refractivity contribution < 1.29 is 14.8 Å². The average Bonchev–Trinajstić information content (AvgIpc) is 2.66. The normalized spacial score (nSPS) is 11.9. The second-order valence-corrected chi connectivity index (χ2v) is 5.40. The van der Waals surface area contributed by atoms with Crippen LogP contribution in [0.2, 0.25) is 0 Å². The predicted octanol–water partition coefficient (Wildman–Crippen LogP) is 1.78. The molecule has 0 radical (unpaired) electrons. The van der Waals surface area contributed by atoms with Gasteiger partial charge in [0.2, 0.25) is 5.91 Å². The molecule has 0 aliphatic carbocycles. The van der Waals surface area contributed by atoms with Crippen molar-refractivity contribution in [1.29, 1.82) is 0 Å². The molecule has 0 aromatic heterocycles. The summed E-state index contributed by atoms with van der Waals surface area (Å²) < 4.78 is 0. The van der Waals surface area contributed by atoms with E-state index in [-0.39, 0.29) is 5.91 Å². The van der Waals surface area contributed by atoms with E-state index in [1.807, 2.05) is 42.5 Å². The summed E-state index contributed by atoms with van der Waals surface area (Å²) in [6.45, 7) is 0.467. The molecule has 0 aliphatic heterocycles. The summed E-state index contributed by atoms with van der Waals surface area (Å²) >= 11 is 0. The first-order valence-electron chi connectivity index (χ1n) is 7.85. The summed E-state index contributed by atoms with van der Waals surface area (Å²) in [6, 6.07) is 16.5. The third kappa shape index (κ3) is 5.56. The zero-order valence-corrected chi connectivity index (χ0v) is 13.9. The number of amides is 2. The maximum atomic E-state index is 12.4. The van der Waals surface area contributed by atoms with E-state index in [1.54, 1.807) is 25.3 Å². The van der Waals surface area contributed by atoms with Gasteiger partial charge in [0.1, 0.15) is 6.04 Å². The van der Waals surface area contributed by atoms with E-state index in [9.17, 15) is 9.59 Å². The average molecular weight is 339 g/mol. The van der Waals surface area contributed by atoms with Crippen LogP contribution in [0.4, 0.5) is 0 Å². The molecule has 0 bridgehead atoms. The lowest BCUT2D eigenvalue weighted by Crippen LogP contribution is -2.35. The summed E-state index contributed by atoms with van der Waals surface area (Å²) in [7, 11) is 1.73. The quantitative estimate of drug-likeness (QED) is 0.352. The number of benzene rings is 2. The van der Waals surface area contributed by atoms with Crippen molar-refractivity contribution in [3.63, 3.8) is 0 Å². The number of rotatable bonds is 7. The highest BCUT2D eigenvalue weighted by molar-refractivity contribution is 5.90. The van der Waals surface area contributed by atoms with Crippen molar-refractivity contribution in [2.45, 2.75) is 12.6 Å². The van der Waals surface area contributed by atoms with Gasteiger partial charge in [-0.1, -0.05) is 54.6 Å². The van der Waals surface area contributed by atoms with E-state index >= 15 is 0 Å². The second kappa shape index (κ2) is 9.36. The molecule has 4 N–H and O–H groups in total. The molecule has 0 fully saturated rings. The molecule has 25 heavy (non-hydrogen) atoms. The summed E-state index contributed by atoms with van der Waals surface area (Å²) in [5, 5.41) is 14.4. The van der Waals surface area contributed by atoms with Crippen LogP contribution in [0.5, 0.6) is 0 Å². The minimum absolute atomic E-state index is 0.116. The van der Waals surface area contributed by atoms with Crippen LogP contribution in [0.1, 0.15) is 22.7 Å². The van der Waals surface area contributed by atoms with Crippen molar-refractivity contribution in [2.75, 3.05) is 7.05 Å². The lowest BCUT2D eigenvalue weighted by Gasteiger charge is -2.16. The molecule has 2 amide bonds. The highest BCUT2D eigenvalue weighted by Crippen LogP contribution is 2.15. The molecule has 130 valence electrons. The first kappa shape index (κ1) is 18.4. The first-order chi connectivity index (χ1) is 12.1. The Bertz CT molecular complexity index is 727. The molecule has 0 saturated heterocycles. The van der Waals surface area contributed by atoms with Gasteiger partial charge in [-0.3, -0.25) is 14.8 Å². The summed E-state index contributed by atoms with van der Waals surface area (Å²) in [6.07, 6.45) is 2.79. The van der Waals surface area contributed by atoms with E-state index in [2.05, 4.69) is 10.6 Å². The van der Waals surface area contributed by atoms with Gasteiger partial charge in [0.15, 0.2) is 0 Å². The Morgan fingerprint density at radius 1 is 1.08 bits per heavy atom. The molecule has 6 heteroatoms. The molecule has 0 saturated carbocycles. The van der Waals surface area contributed by atoms with Gasteiger partial charge in [-0.2, -0.15) is 0 Å². The Hall–Kier alpha value is -2.96. The Kier molecular flexibility index (Phi) is 6.88. The van der Waals surface area contributed by atoms with Gasteiger partial charge in [-0.05, 0) is 29.8 Å². The monoisotopic (exact) mass is 339 g/mol. The Morgan fingerprint density at radius 2 is 1.76 bits per heavy atom. The van der Waals surface area contributed by atoms with Gasteiger partial charge in [0.25, 0.3) is 5.91 Å². The zero-order chi connectivity index (χ0) is 18.1. The second-order valence-electron chi connectivity index (χ2n) is 5.40. The summed E-state index contributed by atoms with van der Waals surface area (Å²) in [5.41, 5.74) is 4.16. The van der Waals surface area contributed by atoms with Gasteiger partial charge in [0, 0.05) is 12.6 Å². The largest absolute Gasteiger partial charge is 0.350 e. The molecule has 2 aromatic rings. The minimum atomic E-state index is -0.600. The molecule has 0 spiro atoms. The zero-order valence-electron chi connectivity index (χ0n) is 13.9. The van der Waals surface area contributed by atoms with E-state index in [1.165, 1.54) is 11.6 Å². The molecule has 2 aromatic carbocycles. The lowest BCUT2D eigenvalue weighted by molar-refractivity contribution is -0.124. The molecular weight excluding hydrogens is 318 g/mol. The van der Waals surface area contributed by atoms with Crippen LogP contribution in [0.3, 0.4) is 0 Å². The van der Waals surface area contributed by atoms with E-state index < -0.39 is 11.9 Å². The van der Waals surface area contributed by atoms with Crippen LogP contribution in [0.15, 0.2) is 60.7 Å². The summed E-state index contributed by atoms with van der Waals surface area (Å²) in [4.78, 5) is 23.4. The van der Waals surface area contributed by atoms with Crippen molar-refractivity contribution in [3.05, 3.63) is 77.4 Å². The van der Waals surface area contributed by atoms with Crippen molar-refractivity contribution >= 4 is 17.9 Å². The fourth-order valence-electron chi connectivity index (χ4n) is 2.34. The third-order valence-corrected chi connectivity index (χ3v) is 3.67. The van der Waals surface area contributed by atoms with Crippen LogP contribution in [0, 0.1) is 0 Å². The highest BCUT2D eigenvalue weighted by Gasteiger charge is 2.17. The molecule has 1 atom stereocenters. The van der Waals surface area contributed by atoms with Gasteiger partial charge in [-0.25, -0.2) is 5.48 Å². The van der Waals surface area contributed by atoms with Crippen molar-refractivity contribution in [3.8, 4) is 0 Å². The van der Waals surface area contributed by atoms with Crippen LogP contribution >= 0.6 is 0 Å². The molecule has 0 aliphatic rings. The van der Waals surface area contributed by atoms with Crippen LogP contribution in [-0.2, 0) is 16.1 Å². The third-order valence-electron chi connectivity index (χ3n) is 3.67. The highest BCUT2D eigenvalue weighted by atomic mass is 16.5. The standard InChI is InChI=1S/C19H21N3O3/c1-20-18(19(24)21-13-15-5-3-2-4-6-15)16-10-7-14(8-11-16)9-12-17(23)22-25/h2-12,18,20,25H,13H2,1H3,(H,21,24)(H,22,23). The summed E-state index contributed by atoms with van der Waals surface area (Å²) in [5.74, 6) is -0.716. The first-order valence-corrected chi connectivity index (χ1v) is 7.85. The van der Waals surface area contributed by atoms with Crippen LogP contribution < -0.4 is 16.1 Å². The number of carbonyl (C=O) groups excluding carboxylic acids is 2. The van der Waals surface area contributed by atoms with Crippen LogP contribution in [-0.4, -0.2) is 24.1 Å². The predicted molar refractivity (Wildman–Crippen MR) is 95.5 cm³/mol. The number of nitrogens with one attached hydrogen (secondary N) is 3. The smallest absolute Gasteiger partial charge is 0.267 e. The Balaban J connectivity index is 2.00. The Labute approximate surface area is 146 Å². The van der Waals surface area contributed by atoms with Gasteiger partial charge in [-0.15, -0.1) is 0 Å². The maximum Gasteiger partial charge on any atom is 0.267 e. The number of carbonyl (C=O) groups is 2. The van der Waals surface area contributed by atoms with Crippen molar-refractivity contribution in [2.24, 2.45) is 0 Å². The minimum Gasteiger partial charge on any atom is -0.350 e. The SMILES string of the molecule is CNC(C(=O)NCc1ccccc1)c1ccc(C=CC(=O)NO)cc1. The topological polar surface area (TPSA) is 90.5 Å². The van der Waals surface area contributed by atoms with E-state index in [4.69, 9.17) is 5.21 Å². The van der Waals surface area contributed by atoms with Gasteiger partial charge < -0.3 is 10.6 Å². The number of likely N-dealkylation sites (N-methyl/N-ethyl adjacent to an activating group) is 1. The molecule has 6 nitrogen and oxygen atoms in total. The van der Waals surface area contributed by atoms with Gasteiger partial charge >= 0.3 is 0 Å². The number of hydrogen-bond donors (Lipinski definition) is 4. The van der Waals surface area contributed by atoms with E-state index in [0.29, 0.717) is 6.54 Å². The molecule has 1 unspecified atom stereocenters. The fourth-order valence-corrected chi connectivity index (χ4v) is 2.34.